The van der Waals surface area contributed by atoms with Gasteiger partial charge in [-0.25, -0.2) is 0 Å². The average molecular weight is 290 g/mol. The lowest BCUT2D eigenvalue weighted by molar-refractivity contribution is 0.1000. The van der Waals surface area contributed by atoms with Gasteiger partial charge < -0.3 is 5.73 Å². The van der Waals surface area contributed by atoms with E-state index in [1.165, 1.54) is 64.2 Å². The van der Waals surface area contributed by atoms with E-state index in [9.17, 15) is 4.79 Å². The van der Waals surface area contributed by atoms with Crippen molar-refractivity contribution >= 4 is 5.91 Å². The number of carbonyl (C=O) groups is 1. The molecule has 0 bridgehead atoms. The first-order valence-corrected chi connectivity index (χ1v) is 8.48. The van der Waals surface area contributed by atoms with Crippen LogP contribution in [-0.2, 0) is 6.42 Å². The fourth-order valence-corrected chi connectivity index (χ4v) is 2.51. The number of hydrogen-bond acceptors (Lipinski definition) is 2. The van der Waals surface area contributed by atoms with Crippen LogP contribution in [0.15, 0.2) is 18.3 Å². The van der Waals surface area contributed by atoms with Crippen LogP contribution >= 0.6 is 0 Å². The number of nitrogens with two attached hydrogens (primary N) is 1. The summed E-state index contributed by atoms with van der Waals surface area (Å²) in [6, 6.07) is 3.68. The number of rotatable bonds is 12. The maximum absolute atomic E-state index is 10.9. The summed E-state index contributed by atoms with van der Waals surface area (Å²) in [6.07, 6.45) is 16.0. The number of aryl methyl sites for hydroxylation is 1. The molecule has 0 aliphatic rings. The molecule has 1 rings (SSSR count). The van der Waals surface area contributed by atoms with Crippen LogP contribution in [-0.4, -0.2) is 10.9 Å². The van der Waals surface area contributed by atoms with Crippen LogP contribution in [0.3, 0.4) is 0 Å². The van der Waals surface area contributed by atoms with Gasteiger partial charge in [0.2, 0.25) is 5.91 Å². The Hall–Kier alpha value is -1.38. The largest absolute Gasteiger partial charge is 0.366 e. The molecule has 0 fully saturated rings. The van der Waals surface area contributed by atoms with Gasteiger partial charge in [-0.05, 0) is 25.0 Å². The van der Waals surface area contributed by atoms with Crippen molar-refractivity contribution < 1.29 is 4.79 Å². The van der Waals surface area contributed by atoms with Gasteiger partial charge in [-0.2, -0.15) is 0 Å². The summed E-state index contributed by atoms with van der Waals surface area (Å²) in [5.41, 5.74) is 6.73. The zero-order chi connectivity index (χ0) is 15.3. The molecule has 0 aliphatic heterocycles. The molecule has 0 atom stereocenters. The standard InChI is InChI=1S/C18H30N2O/c1-2-3-4-5-6-7-8-9-10-11-12-17-14-13-16(15-20-17)18(19)21/h13-15H,2-12H2,1H3,(H2,19,21). The second-order valence-electron chi connectivity index (χ2n) is 5.83. The van der Waals surface area contributed by atoms with Crippen LogP contribution in [0.2, 0.25) is 0 Å². The molecule has 3 heteroatoms. The summed E-state index contributed by atoms with van der Waals surface area (Å²) in [5, 5.41) is 0. The first-order valence-electron chi connectivity index (χ1n) is 8.48. The lowest BCUT2D eigenvalue weighted by Crippen LogP contribution is -2.11. The van der Waals surface area contributed by atoms with E-state index >= 15 is 0 Å². The first kappa shape index (κ1) is 17.7. The van der Waals surface area contributed by atoms with E-state index in [1.54, 1.807) is 12.3 Å². The average Bonchev–Trinajstić information content (AvgIpc) is 2.49. The molecular formula is C18H30N2O. The monoisotopic (exact) mass is 290 g/mol. The molecule has 0 radical (unpaired) electrons. The second kappa shape index (κ2) is 11.3. The Labute approximate surface area is 129 Å². The van der Waals surface area contributed by atoms with E-state index in [0.29, 0.717) is 5.56 Å². The Morgan fingerprint density at radius 3 is 2.00 bits per heavy atom. The lowest BCUT2D eigenvalue weighted by Gasteiger charge is -2.03. The van der Waals surface area contributed by atoms with Gasteiger partial charge in [0, 0.05) is 11.9 Å². The second-order valence-corrected chi connectivity index (χ2v) is 5.83. The van der Waals surface area contributed by atoms with E-state index in [1.807, 2.05) is 6.07 Å². The number of aromatic nitrogens is 1. The molecule has 0 aromatic carbocycles. The van der Waals surface area contributed by atoms with Crippen molar-refractivity contribution in [2.75, 3.05) is 0 Å². The topological polar surface area (TPSA) is 56.0 Å². The number of amides is 1. The van der Waals surface area contributed by atoms with Gasteiger partial charge in [-0.15, -0.1) is 0 Å². The number of carbonyl (C=O) groups excluding carboxylic acids is 1. The summed E-state index contributed by atoms with van der Waals surface area (Å²) in [6.45, 7) is 2.26. The van der Waals surface area contributed by atoms with Gasteiger partial charge in [0.15, 0.2) is 0 Å². The Balaban J connectivity index is 1.98. The Bertz CT molecular complexity index is 387. The maximum atomic E-state index is 10.9. The Morgan fingerprint density at radius 2 is 1.52 bits per heavy atom. The summed E-state index contributed by atoms with van der Waals surface area (Å²) < 4.78 is 0. The van der Waals surface area contributed by atoms with Gasteiger partial charge >= 0.3 is 0 Å². The van der Waals surface area contributed by atoms with Gasteiger partial charge in [0.1, 0.15) is 0 Å². The molecule has 0 unspecified atom stereocenters. The number of unbranched alkanes of at least 4 members (excludes halogenated alkanes) is 9. The highest BCUT2D eigenvalue weighted by Gasteiger charge is 2.01. The molecule has 0 saturated heterocycles. The molecule has 3 nitrogen and oxygen atoms in total. The van der Waals surface area contributed by atoms with Crippen molar-refractivity contribution in [1.29, 1.82) is 0 Å². The highest BCUT2D eigenvalue weighted by atomic mass is 16.1. The minimum atomic E-state index is -0.409. The molecule has 21 heavy (non-hydrogen) atoms. The smallest absolute Gasteiger partial charge is 0.250 e. The van der Waals surface area contributed by atoms with Crippen LogP contribution in [0.1, 0.15) is 87.2 Å². The fourth-order valence-electron chi connectivity index (χ4n) is 2.51. The number of primary amides is 1. The highest BCUT2D eigenvalue weighted by molar-refractivity contribution is 5.92. The van der Waals surface area contributed by atoms with E-state index in [4.69, 9.17) is 5.73 Å². The third-order valence-electron chi connectivity index (χ3n) is 3.90. The number of nitrogens with zero attached hydrogens (tertiary/aromatic N) is 1. The molecular weight excluding hydrogens is 260 g/mol. The molecule has 1 amide bonds. The van der Waals surface area contributed by atoms with Crippen LogP contribution in [0.4, 0.5) is 0 Å². The van der Waals surface area contributed by atoms with Crippen molar-refractivity contribution in [3.05, 3.63) is 29.6 Å². The predicted molar refractivity (Wildman–Crippen MR) is 88.3 cm³/mol. The lowest BCUT2D eigenvalue weighted by atomic mass is 10.0. The first-order chi connectivity index (χ1) is 10.2. The van der Waals surface area contributed by atoms with Crippen molar-refractivity contribution in [2.24, 2.45) is 5.73 Å². The summed E-state index contributed by atoms with van der Waals surface area (Å²) in [7, 11) is 0. The Morgan fingerprint density at radius 1 is 0.952 bits per heavy atom. The van der Waals surface area contributed by atoms with Crippen molar-refractivity contribution in [3.63, 3.8) is 0 Å². The van der Waals surface area contributed by atoms with E-state index in [2.05, 4.69) is 11.9 Å². The Kier molecular flexibility index (Phi) is 9.51. The minimum Gasteiger partial charge on any atom is -0.366 e. The third-order valence-corrected chi connectivity index (χ3v) is 3.90. The van der Waals surface area contributed by atoms with Gasteiger partial charge in [0.05, 0.1) is 5.56 Å². The summed E-state index contributed by atoms with van der Waals surface area (Å²) in [5.74, 6) is -0.409. The van der Waals surface area contributed by atoms with Crippen molar-refractivity contribution in [2.45, 2.75) is 77.6 Å². The highest BCUT2D eigenvalue weighted by Crippen LogP contribution is 2.12. The van der Waals surface area contributed by atoms with Gasteiger partial charge in [-0.1, -0.05) is 64.7 Å². The quantitative estimate of drug-likeness (QED) is 0.570. The maximum Gasteiger partial charge on any atom is 0.250 e. The molecule has 2 N–H and O–H groups in total. The van der Waals surface area contributed by atoms with Gasteiger partial charge in [-0.3, -0.25) is 9.78 Å². The van der Waals surface area contributed by atoms with E-state index < -0.39 is 5.91 Å². The van der Waals surface area contributed by atoms with E-state index in [-0.39, 0.29) is 0 Å². The van der Waals surface area contributed by atoms with Crippen LogP contribution < -0.4 is 5.73 Å². The number of hydrogen-bond donors (Lipinski definition) is 1. The predicted octanol–water partition coefficient (Wildman–Crippen LogP) is 4.64. The normalized spacial score (nSPS) is 10.7. The third kappa shape index (κ3) is 8.49. The molecule has 0 spiro atoms. The summed E-state index contributed by atoms with van der Waals surface area (Å²) in [4.78, 5) is 15.2. The zero-order valence-electron chi connectivity index (χ0n) is 13.4. The minimum absolute atomic E-state index is 0.409. The number of pyridine rings is 1. The van der Waals surface area contributed by atoms with Crippen LogP contribution in [0, 0.1) is 0 Å². The molecule has 1 heterocycles. The zero-order valence-corrected chi connectivity index (χ0v) is 13.4. The molecule has 0 saturated carbocycles. The van der Waals surface area contributed by atoms with Crippen molar-refractivity contribution in [1.82, 2.24) is 4.98 Å². The van der Waals surface area contributed by atoms with Crippen LogP contribution in [0.5, 0.6) is 0 Å². The SMILES string of the molecule is CCCCCCCCCCCCc1ccc(C(N)=O)cn1. The molecule has 1 aromatic rings. The van der Waals surface area contributed by atoms with Gasteiger partial charge in [0.25, 0.3) is 0 Å². The van der Waals surface area contributed by atoms with Crippen LogP contribution in [0.25, 0.3) is 0 Å². The fraction of sp³-hybridized carbons (Fsp3) is 0.667. The summed E-state index contributed by atoms with van der Waals surface area (Å²) >= 11 is 0. The van der Waals surface area contributed by atoms with E-state index in [0.717, 1.165) is 12.1 Å². The molecule has 0 aliphatic carbocycles. The molecule has 1 aromatic heterocycles. The van der Waals surface area contributed by atoms with Crippen molar-refractivity contribution in [3.8, 4) is 0 Å². The molecule has 118 valence electrons.